The van der Waals surface area contributed by atoms with Gasteiger partial charge in [0.2, 0.25) is 5.91 Å². The van der Waals surface area contributed by atoms with E-state index >= 15 is 0 Å². The maximum absolute atomic E-state index is 12.2. The molecule has 3 aromatic rings. The first-order valence-electron chi connectivity index (χ1n) is 7.06. The number of amides is 1. The van der Waals surface area contributed by atoms with Gasteiger partial charge in [-0.25, -0.2) is 9.67 Å². The fourth-order valence-corrected chi connectivity index (χ4v) is 2.55. The molecule has 1 fully saturated rings. The van der Waals surface area contributed by atoms with Crippen LogP contribution in [0.2, 0.25) is 0 Å². The number of hydrogen-bond acceptors (Lipinski definition) is 4. The Morgan fingerprint density at radius 3 is 2.91 bits per heavy atom. The fraction of sp³-hybridized carbons (Fsp3) is 0.200. The molecular formula is C15H14N6O. The van der Waals surface area contributed by atoms with Gasteiger partial charge in [-0.15, -0.1) is 0 Å². The number of pyridine rings is 1. The molecule has 110 valence electrons. The highest BCUT2D eigenvalue weighted by Gasteiger charge is 2.45. The van der Waals surface area contributed by atoms with Gasteiger partial charge in [0.15, 0.2) is 5.82 Å². The van der Waals surface area contributed by atoms with E-state index in [1.54, 1.807) is 35.7 Å². The molecular weight excluding hydrogens is 280 g/mol. The minimum Gasteiger partial charge on any atom is -0.348 e. The van der Waals surface area contributed by atoms with Crippen molar-refractivity contribution in [1.82, 2.24) is 24.7 Å². The highest BCUT2D eigenvalue weighted by atomic mass is 16.2. The molecule has 0 saturated heterocycles. The van der Waals surface area contributed by atoms with E-state index < -0.39 is 0 Å². The predicted octanol–water partition coefficient (Wildman–Crippen LogP) is 1.73. The van der Waals surface area contributed by atoms with Crippen molar-refractivity contribution in [3.8, 4) is 5.69 Å². The van der Waals surface area contributed by atoms with Crippen LogP contribution in [0, 0.1) is 5.92 Å². The summed E-state index contributed by atoms with van der Waals surface area (Å²) in [6, 6.07) is 5.49. The molecule has 4 rings (SSSR count). The molecule has 2 atom stereocenters. The quantitative estimate of drug-likeness (QED) is 0.767. The van der Waals surface area contributed by atoms with Crippen LogP contribution in [0.4, 0.5) is 5.82 Å². The van der Waals surface area contributed by atoms with Crippen molar-refractivity contribution >= 4 is 11.7 Å². The van der Waals surface area contributed by atoms with E-state index in [1.807, 2.05) is 18.3 Å². The Morgan fingerprint density at radius 1 is 1.27 bits per heavy atom. The largest absolute Gasteiger partial charge is 0.348 e. The Labute approximate surface area is 126 Å². The van der Waals surface area contributed by atoms with E-state index in [9.17, 15) is 4.79 Å². The molecule has 0 spiro atoms. The lowest BCUT2D eigenvalue weighted by atomic mass is 10.2. The van der Waals surface area contributed by atoms with Crippen LogP contribution in [-0.4, -0.2) is 30.6 Å². The van der Waals surface area contributed by atoms with Gasteiger partial charge >= 0.3 is 0 Å². The standard InChI is InChI=1S/C15H14N6O/c22-15(12-7-11(12)13-8-17-9-18-13)19-14-3-6-21(20-14)10-1-4-16-5-2-10/h1-6,8-9,11-12H,7H2,(H,17,18)(H,19,20,22)/t11-,12-/m1/s1. The van der Waals surface area contributed by atoms with Crippen molar-refractivity contribution < 1.29 is 4.79 Å². The third-order valence-corrected chi connectivity index (χ3v) is 3.81. The van der Waals surface area contributed by atoms with E-state index in [4.69, 9.17) is 0 Å². The zero-order valence-electron chi connectivity index (χ0n) is 11.7. The average Bonchev–Trinajstić information content (AvgIpc) is 2.97. The second kappa shape index (κ2) is 5.10. The molecule has 22 heavy (non-hydrogen) atoms. The zero-order chi connectivity index (χ0) is 14.9. The van der Waals surface area contributed by atoms with Crippen LogP contribution in [-0.2, 0) is 4.79 Å². The molecule has 3 heterocycles. The Balaban J connectivity index is 1.42. The number of hydrogen-bond donors (Lipinski definition) is 2. The second-order valence-corrected chi connectivity index (χ2v) is 5.30. The minimum atomic E-state index is -0.00785. The van der Waals surface area contributed by atoms with Crippen LogP contribution >= 0.6 is 0 Å². The third-order valence-electron chi connectivity index (χ3n) is 3.81. The van der Waals surface area contributed by atoms with Crippen molar-refractivity contribution in [3.05, 3.63) is 55.0 Å². The predicted molar refractivity (Wildman–Crippen MR) is 79.4 cm³/mol. The molecule has 0 aliphatic heterocycles. The van der Waals surface area contributed by atoms with Crippen LogP contribution in [0.15, 0.2) is 49.3 Å². The highest BCUT2D eigenvalue weighted by molar-refractivity contribution is 5.94. The van der Waals surface area contributed by atoms with Crippen LogP contribution in [0.25, 0.3) is 5.69 Å². The number of aromatic nitrogens is 5. The summed E-state index contributed by atoms with van der Waals surface area (Å²) in [7, 11) is 0. The summed E-state index contributed by atoms with van der Waals surface area (Å²) < 4.78 is 1.70. The van der Waals surface area contributed by atoms with Gasteiger partial charge in [-0.1, -0.05) is 0 Å². The maximum atomic E-state index is 12.2. The van der Waals surface area contributed by atoms with Crippen LogP contribution in [0.3, 0.4) is 0 Å². The maximum Gasteiger partial charge on any atom is 0.229 e. The minimum absolute atomic E-state index is 0.000390. The number of carbonyl (C=O) groups is 1. The van der Waals surface area contributed by atoms with E-state index in [0.717, 1.165) is 17.8 Å². The van der Waals surface area contributed by atoms with Crippen molar-refractivity contribution in [3.63, 3.8) is 0 Å². The van der Waals surface area contributed by atoms with Gasteiger partial charge < -0.3 is 10.3 Å². The number of aromatic amines is 1. The van der Waals surface area contributed by atoms with Gasteiger partial charge in [0.1, 0.15) is 0 Å². The molecule has 7 heteroatoms. The number of nitrogens with one attached hydrogen (secondary N) is 2. The molecule has 1 aliphatic rings. The van der Waals surface area contributed by atoms with Crippen LogP contribution < -0.4 is 5.32 Å². The molecule has 2 N–H and O–H groups in total. The number of anilines is 1. The van der Waals surface area contributed by atoms with Gasteiger partial charge in [0.05, 0.1) is 12.0 Å². The zero-order valence-corrected chi connectivity index (χ0v) is 11.7. The Hall–Kier alpha value is -2.96. The van der Waals surface area contributed by atoms with Gasteiger partial charge in [-0.3, -0.25) is 9.78 Å². The van der Waals surface area contributed by atoms with Crippen molar-refractivity contribution in [2.45, 2.75) is 12.3 Å². The normalized spacial score (nSPS) is 19.8. The van der Waals surface area contributed by atoms with Crippen molar-refractivity contribution in [2.75, 3.05) is 5.32 Å². The molecule has 1 aliphatic carbocycles. The number of imidazole rings is 1. The lowest BCUT2D eigenvalue weighted by Gasteiger charge is -2.02. The summed E-state index contributed by atoms with van der Waals surface area (Å²) in [6.07, 6.45) is 9.47. The first kappa shape index (κ1) is 12.8. The molecule has 7 nitrogen and oxygen atoms in total. The Morgan fingerprint density at radius 2 is 2.14 bits per heavy atom. The summed E-state index contributed by atoms with van der Waals surface area (Å²) in [4.78, 5) is 23.2. The summed E-state index contributed by atoms with van der Waals surface area (Å²) in [5.74, 6) is 0.785. The number of carbonyl (C=O) groups excluding carboxylic acids is 1. The van der Waals surface area contributed by atoms with Gasteiger partial charge in [-0.2, -0.15) is 5.10 Å². The Kier molecular flexibility index (Phi) is 2.96. The monoisotopic (exact) mass is 294 g/mol. The van der Waals surface area contributed by atoms with Gasteiger partial charge in [0.25, 0.3) is 0 Å². The Bertz CT molecular complexity index is 779. The number of nitrogens with zero attached hydrogens (tertiary/aromatic N) is 4. The molecule has 0 bridgehead atoms. The van der Waals surface area contributed by atoms with Crippen molar-refractivity contribution in [1.29, 1.82) is 0 Å². The molecule has 0 unspecified atom stereocenters. The molecule has 3 aromatic heterocycles. The number of rotatable bonds is 4. The highest BCUT2D eigenvalue weighted by Crippen LogP contribution is 2.47. The van der Waals surface area contributed by atoms with E-state index in [1.165, 1.54) is 0 Å². The molecule has 0 radical (unpaired) electrons. The summed E-state index contributed by atoms with van der Waals surface area (Å²) in [5.41, 5.74) is 1.92. The molecule has 1 saturated carbocycles. The second-order valence-electron chi connectivity index (χ2n) is 5.30. The summed E-state index contributed by atoms with van der Waals surface area (Å²) in [6.45, 7) is 0. The smallest absolute Gasteiger partial charge is 0.229 e. The summed E-state index contributed by atoms with van der Waals surface area (Å²) >= 11 is 0. The number of H-pyrrole nitrogens is 1. The molecule has 1 amide bonds. The lowest BCUT2D eigenvalue weighted by molar-refractivity contribution is -0.117. The first-order valence-corrected chi connectivity index (χ1v) is 7.06. The molecule has 0 aromatic carbocycles. The topological polar surface area (TPSA) is 88.5 Å². The lowest BCUT2D eigenvalue weighted by Crippen LogP contribution is -2.15. The van der Waals surface area contributed by atoms with E-state index in [0.29, 0.717) is 5.82 Å². The SMILES string of the molecule is O=C(Nc1ccn(-c2ccncc2)n1)[C@@H]1C[C@H]1c1cnc[nH]1. The fourth-order valence-electron chi connectivity index (χ4n) is 2.55. The van der Waals surface area contributed by atoms with Crippen LogP contribution in [0.5, 0.6) is 0 Å². The van der Waals surface area contributed by atoms with E-state index in [2.05, 4.69) is 25.4 Å². The first-order chi connectivity index (χ1) is 10.8. The van der Waals surface area contributed by atoms with E-state index in [-0.39, 0.29) is 17.7 Å². The summed E-state index contributed by atoms with van der Waals surface area (Å²) in [5, 5.41) is 7.22. The van der Waals surface area contributed by atoms with Crippen LogP contribution in [0.1, 0.15) is 18.0 Å². The third kappa shape index (κ3) is 2.37. The average molecular weight is 294 g/mol. The van der Waals surface area contributed by atoms with Crippen molar-refractivity contribution in [2.24, 2.45) is 5.92 Å². The van der Waals surface area contributed by atoms with Gasteiger partial charge in [-0.05, 0) is 18.6 Å². The van der Waals surface area contributed by atoms with Gasteiger partial charge in [0, 0.05) is 48.4 Å².